The first-order valence-corrected chi connectivity index (χ1v) is 8.43. The van der Waals surface area contributed by atoms with Crippen LogP contribution in [0.3, 0.4) is 0 Å². The standard InChI is InChI=1S/C20H14N6O/c1-12-3-2-4-17(24-12)19-14(11-23-26-19)15-5-6-16-18(25-15)9-13(10-22-16)20-21-7-8-27-20/h2-11H,1H3,(H,23,26). The van der Waals surface area contributed by atoms with Gasteiger partial charge < -0.3 is 4.42 Å². The lowest BCUT2D eigenvalue weighted by atomic mass is 10.1. The molecule has 7 heteroatoms. The molecule has 0 aromatic carbocycles. The van der Waals surface area contributed by atoms with E-state index in [0.717, 1.165) is 44.9 Å². The van der Waals surface area contributed by atoms with E-state index in [9.17, 15) is 0 Å². The Bertz CT molecular complexity index is 1240. The number of aromatic nitrogens is 6. The number of pyridine rings is 3. The maximum absolute atomic E-state index is 5.36. The van der Waals surface area contributed by atoms with Crippen molar-refractivity contribution < 1.29 is 4.42 Å². The first kappa shape index (κ1) is 15.4. The van der Waals surface area contributed by atoms with E-state index in [1.54, 1.807) is 12.4 Å². The zero-order valence-corrected chi connectivity index (χ0v) is 14.4. The van der Waals surface area contributed by atoms with Crippen molar-refractivity contribution in [2.75, 3.05) is 0 Å². The minimum atomic E-state index is 0.518. The van der Waals surface area contributed by atoms with Gasteiger partial charge in [0.2, 0.25) is 5.89 Å². The van der Waals surface area contributed by atoms with Crippen LogP contribution >= 0.6 is 0 Å². The molecule has 0 aliphatic carbocycles. The molecular formula is C20H14N6O. The van der Waals surface area contributed by atoms with Gasteiger partial charge in [0, 0.05) is 23.7 Å². The summed E-state index contributed by atoms with van der Waals surface area (Å²) in [6.07, 6.45) is 6.71. The van der Waals surface area contributed by atoms with Gasteiger partial charge in [0.1, 0.15) is 12.0 Å². The van der Waals surface area contributed by atoms with Crippen LogP contribution in [-0.4, -0.2) is 30.1 Å². The second-order valence-electron chi connectivity index (χ2n) is 6.11. The highest BCUT2D eigenvalue weighted by Gasteiger charge is 2.14. The van der Waals surface area contributed by atoms with E-state index in [4.69, 9.17) is 9.40 Å². The van der Waals surface area contributed by atoms with Gasteiger partial charge in [-0.3, -0.25) is 15.1 Å². The van der Waals surface area contributed by atoms with Gasteiger partial charge in [0.15, 0.2) is 0 Å². The molecule has 0 unspecified atom stereocenters. The number of nitrogens with one attached hydrogen (secondary N) is 1. The highest BCUT2D eigenvalue weighted by atomic mass is 16.3. The summed E-state index contributed by atoms with van der Waals surface area (Å²) in [5.41, 5.74) is 6.53. The van der Waals surface area contributed by atoms with Crippen LogP contribution in [0.5, 0.6) is 0 Å². The average Bonchev–Trinajstić information content (AvgIpc) is 3.39. The number of nitrogens with zero attached hydrogens (tertiary/aromatic N) is 5. The molecular weight excluding hydrogens is 340 g/mol. The van der Waals surface area contributed by atoms with Gasteiger partial charge in [-0.05, 0) is 37.3 Å². The van der Waals surface area contributed by atoms with Crippen LogP contribution in [0.2, 0.25) is 0 Å². The predicted octanol–water partition coefficient (Wildman–Crippen LogP) is 4.05. The Kier molecular flexibility index (Phi) is 3.50. The smallest absolute Gasteiger partial charge is 0.227 e. The summed E-state index contributed by atoms with van der Waals surface area (Å²) in [5, 5.41) is 7.30. The third-order valence-corrected chi connectivity index (χ3v) is 4.26. The lowest BCUT2D eigenvalue weighted by Crippen LogP contribution is -1.92. The van der Waals surface area contributed by atoms with Gasteiger partial charge >= 0.3 is 0 Å². The van der Waals surface area contributed by atoms with E-state index in [1.807, 2.05) is 49.5 Å². The molecule has 0 atom stereocenters. The highest BCUT2D eigenvalue weighted by molar-refractivity contribution is 5.84. The van der Waals surface area contributed by atoms with E-state index in [0.29, 0.717) is 5.89 Å². The normalized spacial score (nSPS) is 11.1. The largest absolute Gasteiger partial charge is 0.444 e. The van der Waals surface area contributed by atoms with Crippen molar-refractivity contribution in [3.63, 3.8) is 0 Å². The van der Waals surface area contributed by atoms with Gasteiger partial charge in [0.25, 0.3) is 0 Å². The molecule has 0 aliphatic heterocycles. The Hall–Kier alpha value is -3.87. The predicted molar refractivity (Wildman–Crippen MR) is 101 cm³/mol. The first-order chi connectivity index (χ1) is 13.3. The Labute approximate surface area is 154 Å². The molecule has 0 saturated carbocycles. The fraction of sp³-hybridized carbons (Fsp3) is 0.0500. The third-order valence-electron chi connectivity index (χ3n) is 4.26. The number of aryl methyl sites for hydroxylation is 1. The summed E-state index contributed by atoms with van der Waals surface area (Å²) in [7, 11) is 0. The van der Waals surface area contributed by atoms with Crippen LogP contribution in [0, 0.1) is 6.92 Å². The molecule has 5 rings (SSSR count). The summed E-state index contributed by atoms with van der Waals surface area (Å²) in [5.74, 6) is 0.518. The number of rotatable bonds is 3. The Morgan fingerprint density at radius 1 is 0.963 bits per heavy atom. The van der Waals surface area contributed by atoms with Crippen molar-refractivity contribution in [2.45, 2.75) is 6.92 Å². The number of hydrogen-bond acceptors (Lipinski definition) is 6. The van der Waals surface area contributed by atoms with E-state index >= 15 is 0 Å². The minimum Gasteiger partial charge on any atom is -0.444 e. The summed E-state index contributed by atoms with van der Waals surface area (Å²) in [6, 6.07) is 11.7. The molecule has 0 amide bonds. The lowest BCUT2D eigenvalue weighted by molar-refractivity contribution is 0.574. The van der Waals surface area contributed by atoms with Gasteiger partial charge in [0.05, 0.1) is 34.2 Å². The monoisotopic (exact) mass is 354 g/mol. The van der Waals surface area contributed by atoms with Crippen molar-refractivity contribution in [1.82, 2.24) is 30.1 Å². The fourth-order valence-corrected chi connectivity index (χ4v) is 2.99. The Morgan fingerprint density at radius 2 is 1.93 bits per heavy atom. The molecule has 5 aromatic heterocycles. The molecule has 0 aliphatic rings. The molecule has 5 heterocycles. The van der Waals surface area contributed by atoms with E-state index < -0.39 is 0 Å². The maximum atomic E-state index is 5.36. The van der Waals surface area contributed by atoms with Crippen LogP contribution in [-0.2, 0) is 0 Å². The summed E-state index contributed by atoms with van der Waals surface area (Å²) in [6.45, 7) is 1.96. The molecule has 0 spiro atoms. The van der Waals surface area contributed by atoms with Gasteiger partial charge in [-0.1, -0.05) is 6.07 Å². The van der Waals surface area contributed by atoms with Crippen LogP contribution in [0.1, 0.15) is 5.69 Å². The topological polar surface area (TPSA) is 93.4 Å². The van der Waals surface area contributed by atoms with Crippen molar-refractivity contribution in [2.24, 2.45) is 0 Å². The average molecular weight is 354 g/mol. The number of H-pyrrole nitrogens is 1. The zero-order chi connectivity index (χ0) is 18.2. The quantitative estimate of drug-likeness (QED) is 0.525. The van der Waals surface area contributed by atoms with Crippen LogP contribution in [0.4, 0.5) is 0 Å². The molecule has 7 nitrogen and oxygen atoms in total. The van der Waals surface area contributed by atoms with Crippen molar-refractivity contribution in [3.05, 3.63) is 66.9 Å². The van der Waals surface area contributed by atoms with Gasteiger partial charge in [-0.25, -0.2) is 9.97 Å². The summed E-state index contributed by atoms with van der Waals surface area (Å²) >= 11 is 0. The lowest BCUT2D eigenvalue weighted by Gasteiger charge is -2.05. The van der Waals surface area contributed by atoms with Crippen molar-refractivity contribution in [1.29, 1.82) is 0 Å². The molecule has 1 N–H and O–H groups in total. The third kappa shape index (κ3) is 2.75. The van der Waals surface area contributed by atoms with Crippen LogP contribution < -0.4 is 0 Å². The number of oxazole rings is 1. The summed E-state index contributed by atoms with van der Waals surface area (Å²) in [4.78, 5) is 18.0. The van der Waals surface area contributed by atoms with Gasteiger partial charge in [-0.15, -0.1) is 0 Å². The highest BCUT2D eigenvalue weighted by Crippen LogP contribution is 2.29. The number of aromatic amines is 1. The number of fused-ring (bicyclic) bond motifs is 1. The van der Waals surface area contributed by atoms with E-state index in [1.165, 1.54) is 6.26 Å². The van der Waals surface area contributed by atoms with E-state index in [2.05, 4.69) is 25.1 Å². The Morgan fingerprint density at radius 3 is 2.78 bits per heavy atom. The fourth-order valence-electron chi connectivity index (χ4n) is 2.99. The number of hydrogen-bond donors (Lipinski definition) is 1. The minimum absolute atomic E-state index is 0.518. The van der Waals surface area contributed by atoms with Crippen LogP contribution in [0.15, 0.2) is 65.7 Å². The SMILES string of the molecule is Cc1cccc(-c2n[nH]cc2-c2ccc3ncc(-c4ncco4)cc3n2)n1. The zero-order valence-electron chi connectivity index (χ0n) is 14.4. The summed E-state index contributed by atoms with van der Waals surface area (Å²) < 4.78 is 5.36. The second-order valence-corrected chi connectivity index (χ2v) is 6.11. The molecule has 0 fully saturated rings. The van der Waals surface area contributed by atoms with Crippen LogP contribution in [0.25, 0.3) is 45.1 Å². The van der Waals surface area contributed by atoms with Crippen molar-refractivity contribution in [3.8, 4) is 34.1 Å². The van der Waals surface area contributed by atoms with Gasteiger partial charge in [-0.2, -0.15) is 5.10 Å². The second kappa shape index (κ2) is 6.14. The maximum Gasteiger partial charge on any atom is 0.227 e. The molecule has 130 valence electrons. The molecule has 0 radical (unpaired) electrons. The molecule has 0 bridgehead atoms. The molecule has 0 saturated heterocycles. The molecule has 27 heavy (non-hydrogen) atoms. The molecule has 5 aromatic rings. The first-order valence-electron chi connectivity index (χ1n) is 8.43. The Balaban J connectivity index is 1.63. The van der Waals surface area contributed by atoms with Crippen molar-refractivity contribution >= 4 is 11.0 Å². The van der Waals surface area contributed by atoms with E-state index in [-0.39, 0.29) is 0 Å².